The smallest absolute Gasteiger partial charge is 0.0209 e. The van der Waals surface area contributed by atoms with Crippen LogP contribution in [0.15, 0.2) is 0 Å². The molecule has 2 heteroatoms. The number of fused-ring (bicyclic) bond motifs is 1. The van der Waals surface area contributed by atoms with E-state index in [0.717, 1.165) is 16.5 Å². The Morgan fingerprint density at radius 1 is 1.38 bits per heavy atom. The fourth-order valence-electron chi connectivity index (χ4n) is 2.56. The van der Waals surface area contributed by atoms with Crippen LogP contribution in [0.1, 0.15) is 40.0 Å². The van der Waals surface area contributed by atoms with Gasteiger partial charge < -0.3 is 5.32 Å². The predicted octanol–water partition coefficient (Wildman–Crippen LogP) is 2.66. The molecule has 0 spiro atoms. The van der Waals surface area contributed by atoms with Gasteiger partial charge in [-0.3, -0.25) is 0 Å². The third-order valence-electron chi connectivity index (χ3n) is 3.41. The quantitative estimate of drug-likeness (QED) is 0.644. The van der Waals surface area contributed by atoms with Crippen molar-refractivity contribution in [2.75, 3.05) is 6.54 Å². The van der Waals surface area contributed by atoms with Crippen molar-refractivity contribution in [3.8, 4) is 0 Å². The van der Waals surface area contributed by atoms with Gasteiger partial charge >= 0.3 is 0 Å². The Kier molecular flexibility index (Phi) is 2.63. The van der Waals surface area contributed by atoms with Gasteiger partial charge in [0.2, 0.25) is 0 Å². The summed E-state index contributed by atoms with van der Waals surface area (Å²) in [5, 5.41) is 5.38. The Balaban J connectivity index is 2.00. The third kappa shape index (κ3) is 2.21. The van der Waals surface area contributed by atoms with Crippen LogP contribution in [-0.2, 0) is 0 Å². The van der Waals surface area contributed by atoms with Gasteiger partial charge in [-0.1, -0.05) is 20.8 Å². The summed E-state index contributed by atoms with van der Waals surface area (Å²) in [4.78, 5) is 0. The summed E-state index contributed by atoms with van der Waals surface area (Å²) in [6.45, 7) is 8.40. The lowest BCUT2D eigenvalue weighted by Crippen LogP contribution is -2.50. The zero-order chi connectivity index (χ0) is 9.47. The minimum atomic E-state index is 0.590. The van der Waals surface area contributed by atoms with Gasteiger partial charge in [-0.05, 0) is 24.7 Å². The van der Waals surface area contributed by atoms with Crippen molar-refractivity contribution < 1.29 is 0 Å². The van der Waals surface area contributed by atoms with E-state index in [1.165, 1.54) is 25.8 Å². The standard InChI is InChI=1S/C11H21NS/c1-8-7-12-9-4-5-11(2,3)6-10(9)13-8/h8-10,12H,4-7H2,1-3H3. The molecule has 0 aromatic heterocycles. The Morgan fingerprint density at radius 3 is 2.92 bits per heavy atom. The first-order valence-electron chi connectivity index (χ1n) is 5.46. The molecule has 2 rings (SSSR count). The second kappa shape index (κ2) is 3.47. The molecule has 0 aromatic rings. The van der Waals surface area contributed by atoms with Crippen LogP contribution in [0.4, 0.5) is 0 Å². The molecule has 3 atom stereocenters. The van der Waals surface area contributed by atoms with Crippen molar-refractivity contribution in [2.45, 2.75) is 56.6 Å². The Labute approximate surface area is 86.0 Å². The van der Waals surface area contributed by atoms with Crippen molar-refractivity contribution >= 4 is 11.8 Å². The van der Waals surface area contributed by atoms with Crippen molar-refractivity contribution in [2.24, 2.45) is 5.41 Å². The largest absolute Gasteiger partial charge is 0.312 e. The molecule has 2 aliphatic rings. The van der Waals surface area contributed by atoms with Crippen molar-refractivity contribution in [1.29, 1.82) is 0 Å². The summed E-state index contributed by atoms with van der Waals surface area (Å²) in [6.07, 6.45) is 4.19. The lowest BCUT2D eigenvalue weighted by molar-refractivity contribution is 0.210. The fraction of sp³-hybridized carbons (Fsp3) is 1.00. The first kappa shape index (κ1) is 9.85. The average molecular weight is 199 g/mol. The van der Waals surface area contributed by atoms with E-state index in [-0.39, 0.29) is 0 Å². The number of hydrogen-bond acceptors (Lipinski definition) is 2. The van der Waals surface area contributed by atoms with E-state index in [1.807, 2.05) is 0 Å². The highest BCUT2D eigenvalue weighted by Gasteiger charge is 2.37. The molecule has 1 saturated carbocycles. The molecule has 13 heavy (non-hydrogen) atoms. The van der Waals surface area contributed by atoms with Crippen LogP contribution in [0.3, 0.4) is 0 Å². The Morgan fingerprint density at radius 2 is 2.15 bits per heavy atom. The molecule has 1 heterocycles. The van der Waals surface area contributed by atoms with Gasteiger partial charge in [0, 0.05) is 23.1 Å². The van der Waals surface area contributed by atoms with Gasteiger partial charge in [0.15, 0.2) is 0 Å². The molecule has 0 aromatic carbocycles. The molecule has 3 unspecified atom stereocenters. The van der Waals surface area contributed by atoms with Crippen molar-refractivity contribution in [3.63, 3.8) is 0 Å². The van der Waals surface area contributed by atoms with E-state index < -0.39 is 0 Å². The molecule has 1 nitrogen and oxygen atoms in total. The second-order valence-electron chi connectivity index (χ2n) is 5.41. The number of thioether (sulfide) groups is 1. The summed E-state index contributed by atoms with van der Waals surface area (Å²) >= 11 is 2.21. The zero-order valence-corrected chi connectivity index (χ0v) is 9.79. The molecule has 1 saturated heterocycles. The van der Waals surface area contributed by atoms with Crippen LogP contribution >= 0.6 is 11.8 Å². The van der Waals surface area contributed by atoms with Crippen molar-refractivity contribution in [3.05, 3.63) is 0 Å². The number of nitrogens with one attached hydrogen (secondary N) is 1. The average Bonchev–Trinajstić information content (AvgIpc) is 2.01. The predicted molar refractivity (Wildman–Crippen MR) is 60.3 cm³/mol. The Bertz CT molecular complexity index is 191. The fourth-order valence-corrected chi connectivity index (χ4v) is 4.32. The molecule has 0 radical (unpaired) electrons. The SMILES string of the molecule is CC1CNC2CCC(C)(C)CC2S1. The molecule has 76 valence electrons. The second-order valence-corrected chi connectivity index (χ2v) is 7.09. The summed E-state index contributed by atoms with van der Waals surface area (Å²) in [6, 6.07) is 0.814. The summed E-state index contributed by atoms with van der Waals surface area (Å²) in [5.41, 5.74) is 0.590. The first-order chi connectivity index (χ1) is 6.07. The number of hydrogen-bond donors (Lipinski definition) is 1. The van der Waals surface area contributed by atoms with Crippen LogP contribution in [-0.4, -0.2) is 23.1 Å². The minimum absolute atomic E-state index is 0.590. The van der Waals surface area contributed by atoms with E-state index in [1.54, 1.807) is 0 Å². The Hall–Kier alpha value is 0.310. The van der Waals surface area contributed by atoms with Crippen LogP contribution in [0.25, 0.3) is 0 Å². The van der Waals surface area contributed by atoms with Gasteiger partial charge in [0.25, 0.3) is 0 Å². The molecule has 1 N–H and O–H groups in total. The van der Waals surface area contributed by atoms with Crippen LogP contribution < -0.4 is 5.32 Å². The van der Waals surface area contributed by atoms with Crippen LogP contribution in [0, 0.1) is 5.41 Å². The van der Waals surface area contributed by atoms with Crippen molar-refractivity contribution in [1.82, 2.24) is 5.32 Å². The molecule has 1 aliphatic carbocycles. The summed E-state index contributed by atoms with van der Waals surface area (Å²) in [5.74, 6) is 0. The van der Waals surface area contributed by atoms with Crippen LogP contribution in [0.2, 0.25) is 0 Å². The van der Waals surface area contributed by atoms with Gasteiger partial charge in [-0.15, -0.1) is 0 Å². The number of rotatable bonds is 0. The highest BCUT2D eigenvalue weighted by atomic mass is 32.2. The maximum absolute atomic E-state index is 3.69. The molecular formula is C11H21NS. The molecule has 1 aliphatic heterocycles. The van der Waals surface area contributed by atoms with E-state index in [0.29, 0.717) is 5.41 Å². The van der Waals surface area contributed by atoms with E-state index in [9.17, 15) is 0 Å². The third-order valence-corrected chi connectivity index (χ3v) is 4.89. The van der Waals surface area contributed by atoms with E-state index in [2.05, 4.69) is 37.8 Å². The maximum Gasteiger partial charge on any atom is 0.0209 e. The van der Waals surface area contributed by atoms with Gasteiger partial charge in [-0.25, -0.2) is 0 Å². The molecule has 0 amide bonds. The maximum atomic E-state index is 3.69. The van der Waals surface area contributed by atoms with Gasteiger partial charge in [-0.2, -0.15) is 11.8 Å². The monoisotopic (exact) mass is 199 g/mol. The van der Waals surface area contributed by atoms with Crippen LogP contribution in [0.5, 0.6) is 0 Å². The molecular weight excluding hydrogens is 178 g/mol. The topological polar surface area (TPSA) is 12.0 Å². The first-order valence-corrected chi connectivity index (χ1v) is 6.40. The summed E-state index contributed by atoms with van der Waals surface area (Å²) < 4.78 is 0. The molecule has 2 fully saturated rings. The molecule has 0 bridgehead atoms. The van der Waals surface area contributed by atoms with E-state index in [4.69, 9.17) is 0 Å². The normalized spacial score (nSPS) is 44.1. The zero-order valence-electron chi connectivity index (χ0n) is 8.97. The lowest BCUT2D eigenvalue weighted by atomic mass is 9.75. The summed E-state index contributed by atoms with van der Waals surface area (Å²) in [7, 11) is 0. The van der Waals surface area contributed by atoms with Gasteiger partial charge in [0.05, 0.1) is 0 Å². The van der Waals surface area contributed by atoms with E-state index >= 15 is 0 Å². The highest BCUT2D eigenvalue weighted by molar-refractivity contribution is 8.00. The lowest BCUT2D eigenvalue weighted by Gasteiger charge is -2.45. The minimum Gasteiger partial charge on any atom is -0.312 e. The van der Waals surface area contributed by atoms with Gasteiger partial charge in [0.1, 0.15) is 0 Å². The highest BCUT2D eigenvalue weighted by Crippen LogP contribution is 2.42.